The van der Waals surface area contributed by atoms with E-state index in [0.717, 1.165) is 0 Å². The molecular formula is C13H14Cl2O4. The van der Waals surface area contributed by atoms with Crippen LogP contribution in [0, 0.1) is 0 Å². The molecule has 1 unspecified atom stereocenters. The number of benzene rings is 1. The molecule has 0 heterocycles. The van der Waals surface area contributed by atoms with Gasteiger partial charge in [0, 0.05) is 15.6 Å². The van der Waals surface area contributed by atoms with Crippen molar-refractivity contribution in [1.82, 2.24) is 0 Å². The minimum atomic E-state index is -0.950. The molecule has 1 atom stereocenters. The van der Waals surface area contributed by atoms with Crippen molar-refractivity contribution in [3.05, 3.63) is 33.8 Å². The summed E-state index contributed by atoms with van der Waals surface area (Å²) >= 11 is 11.9. The fourth-order valence-corrected chi connectivity index (χ4v) is 1.92. The fraction of sp³-hybridized carbons (Fsp3) is 0.385. The van der Waals surface area contributed by atoms with Gasteiger partial charge in [-0.15, -0.1) is 0 Å². The summed E-state index contributed by atoms with van der Waals surface area (Å²) in [6.45, 7) is 3.36. The van der Waals surface area contributed by atoms with Gasteiger partial charge < -0.3 is 9.47 Å². The van der Waals surface area contributed by atoms with E-state index in [2.05, 4.69) is 0 Å². The fourth-order valence-electron chi connectivity index (χ4n) is 1.39. The number of carbonyl (C=O) groups excluding carboxylic acids is 2. The molecule has 0 aliphatic rings. The number of esters is 2. The predicted molar refractivity (Wildman–Crippen MR) is 72.4 cm³/mol. The molecular weight excluding hydrogens is 291 g/mol. The summed E-state index contributed by atoms with van der Waals surface area (Å²) in [7, 11) is 0. The average molecular weight is 305 g/mol. The Morgan fingerprint density at radius 2 is 1.84 bits per heavy atom. The first-order chi connectivity index (χ1) is 8.95. The quantitative estimate of drug-likeness (QED) is 0.785. The summed E-state index contributed by atoms with van der Waals surface area (Å²) in [6.07, 6.45) is -1.05. The van der Waals surface area contributed by atoms with Crippen LogP contribution in [0.15, 0.2) is 18.2 Å². The van der Waals surface area contributed by atoms with Crippen LogP contribution in [-0.4, -0.2) is 24.6 Å². The van der Waals surface area contributed by atoms with Crippen molar-refractivity contribution in [2.75, 3.05) is 6.61 Å². The van der Waals surface area contributed by atoms with E-state index < -0.39 is 18.0 Å². The molecule has 1 aromatic carbocycles. The highest BCUT2D eigenvalue weighted by atomic mass is 35.5. The lowest BCUT2D eigenvalue weighted by atomic mass is 10.1. The standard InChI is InChI=1S/C13H14Cl2O4/c1-3-18-13(17)8(2)19-12(16)7-9-10(14)5-4-6-11(9)15/h4-6,8H,3,7H2,1-2H3. The van der Waals surface area contributed by atoms with Gasteiger partial charge in [0.05, 0.1) is 13.0 Å². The van der Waals surface area contributed by atoms with E-state index in [4.69, 9.17) is 32.7 Å². The second-order valence-corrected chi connectivity index (χ2v) is 4.58. The third kappa shape index (κ3) is 4.73. The summed E-state index contributed by atoms with van der Waals surface area (Å²) in [5.41, 5.74) is 0.479. The third-order valence-electron chi connectivity index (χ3n) is 2.31. The van der Waals surface area contributed by atoms with Gasteiger partial charge in [0.15, 0.2) is 6.10 Å². The maximum atomic E-state index is 11.7. The van der Waals surface area contributed by atoms with Crippen molar-refractivity contribution in [2.45, 2.75) is 26.4 Å². The van der Waals surface area contributed by atoms with E-state index in [1.165, 1.54) is 6.92 Å². The highest BCUT2D eigenvalue weighted by molar-refractivity contribution is 6.36. The zero-order chi connectivity index (χ0) is 14.4. The summed E-state index contributed by atoms with van der Waals surface area (Å²) in [5, 5.41) is 0.765. The van der Waals surface area contributed by atoms with E-state index in [9.17, 15) is 9.59 Å². The van der Waals surface area contributed by atoms with Crippen molar-refractivity contribution in [3.8, 4) is 0 Å². The number of rotatable bonds is 5. The predicted octanol–water partition coefficient (Wildman–Crippen LogP) is 3.03. The monoisotopic (exact) mass is 304 g/mol. The van der Waals surface area contributed by atoms with E-state index in [1.54, 1.807) is 25.1 Å². The normalized spacial score (nSPS) is 11.8. The van der Waals surface area contributed by atoms with Gasteiger partial charge in [-0.05, 0) is 26.0 Å². The maximum absolute atomic E-state index is 11.7. The molecule has 0 bridgehead atoms. The molecule has 0 aliphatic heterocycles. The first-order valence-corrected chi connectivity index (χ1v) is 6.50. The molecule has 1 aromatic rings. The molecule has 0 N–H and O–H groups in total. The van der Waals surface area contributed by atoms with Crippen LogP contribution in [0.4, 0.5) is 0 Å². The summed E-state index contributed by atoms with van der Waals surface area (Å²) in [5.74, 6) is -1.17. The minimum absolute atomic E-state index is 0.0950. The first kappa shape index (κ1) is 15.8. The van der Waals surface area contributed by atoms with Crippen molar-refractivity contribution in [1.29, 1.82) is 0 Å². The van der Waals surface area contributed by atoms with E-state index in [-0.39, 0.29) is 13.0 Å². The molecule has 0 aliphatic carbocycles. The van der Waals surface area contributed by atoms with Crippen molar-refractivity contribution in [2.24, 2.45) is 0 Å². The van der Waals surface area contributed by atoms with Crippen LogP contribution in [0.5, 0.6) is 0 Å². The second kappa shape index (κ2) is 7.36. The highest BCUT2D eigenvalue weighted by Gasteiger charge is 2.20. The highest BCUT2D eigenvalue weighted by Crippen LogP contribution is 2.25. The van der Waals surface area contributed by atoms with Gasteiger partial charge in [0.2, 0.25) is 0 Å². The van der Waals surface area contributed by atoms with Crippen LogP contribution in [0.1, 0.15) is 19.4 Å². The molecule has 0 saturated carbocycles. The lowest BCUT2D eigenvalue weighted by molar-refractivity contribution is -0.165. The van der Waals surface area contributed by atoms with Crippen molar-refractivity contribution >= 4 is 35.1 Å². The Morgan fingerprint density at radius 1 is 1.26 bits per heavy atom. The van der Waals surface area contributed by atoms with Gasteiger partial charge in [-0.3, -0.25) is 4.79 Å². The third-order valence-corrected chi connectivity index (χ3v) is 3.02. The molecule has 19 heavy (non-hydrogen) atoms. The van der Waals surface area contributed by atoms with Gasteiger partial charge in [-0.1, -0.05) is 29.3 Å². The van der Waals surface area contributed by atoms with Crippen LogP contribution in [0.25, 0.3) is 0 Å². The Bertz CT molecular complexity index is 453. The zero-order valence-electron chi connectivity index (χ0n) is 10.6. The Labute approximate surface area is 121 Å². The molecule has 0 saturated heterocycles. The molecule has 0 amide bonds. The SMILES string of the molecule is CCOC(=O)C(C)OC(=O)Cc1c(Cl)cccc1Cl. The molecule has 0 aromatic heterocycles. The van der Waals surface area contributed by atoms with Gasteiger partial charge in [-0.2, -0.15) is 0 Å². The summed E-state index contributed by atoms with van der Waals surface area (Å²) < 4.78 is 9.68. The van der Waals surface area contributed by atoms with Crippen molar-refractivity contribution in [3.63, 3.8) is 0 Å². The van der Waals surface area contributed by atoms with Gasteiger partial charge in [0.25, 0.3) is 0 Å². The van der Waals surface area contributed by atoms with Gasteiger partial charge >= 0.3 is 11.9 Å². The van der Waals surface area contributed by atoms with E-state index in [0.29, 0.717) is 15.6 Å². The number of carbonyl (C=O) groups is 2. The van der Waals surface area contributed by atoms with Crippen LogP contribution in [0.3, 0.4) is 0 Å². The van der Waals surface area contributed by atoms with Gasteiger partial charge in [-0.25, -0.2) is 4.79 Å². The molecule has 4 nitrogen and oxygen atoms in total. The number of ether oxygens (including phenoxy) is 2. The largest absolute Gasteiger partial charge is 0.463 e. The number of hydrogen-bond acceptors (Lipinski definition) is 4. The van der Waals surface area contributed by atoms with Crippen LogP contribution in [-0.2, 0) is 25.5 Å². The van der Waals surface area contributed by atoms with Crippen molar-refractivity contribution < 1.29 is 19.1 Å². The molecule has 1 rings (SSSR count). The topological polar surface area (TPSA) is 52.6 Å². The van der Waals surface area contributed by atoms with Crippen LogP contribution in [0.2, 0.25) is 10.0 Å². The Balaban J connectivity index is 2.63. The van der Waals surface area contributed by atoms with E-state index >= 15 is 0 Å². The van der Waals surface area contributed by atoms with E-state index in [1.807, 2.05) is 0 Å². The molecule has 0 fully saturated rings. The minimum Gasteiger partial charge on any atom is -0.463 e. The summed E-state index contributed by atoms with van der Waals surface area (Å²) in [6, 6.07) is 4.94. The Morgan fingerprint density at radius 3 is 2.37 bits per heavy atom. The second-order valence-electron chi connectivity index (χ2n) is 3.76. The molecule has 104 valence electrons. The maximum Gasteiger partial charge on any atom is 0.347 e. The molecule has 0 spiro atoms. The Kier molecular flexibility index (Phi) is 6.12. The Hall–Kier alpha value is -1.26. The van der Waals surface area contributed by atoms with Crippen LogP contribution >= 0.6 is 23.2 Å². The van der Waals surface area contributed by atoms with Gasteiger partial charge in [0.1, 0.15) is 0 Å². The molecule has 6 heteroatoms. The number of hydrogen-bond donors (Lipinski definition) is 0. The lowest BCUT2D eigenvalue weighted by Gasteiger charge is -2.12. The first-order valence-electron chi connectivity index (χ1n) is 5.74. The smallest absolute Gasteiger partial charge is 0.347 e. The summed E-state index contributed by atoms with van der Waals surface area (Å²) in [4.78, 5) is 23.0. The average Bonchev–Trinajstić information content (AvgIpc) is 2.34. The zero-order valence-corrected chi connectivity index (χ0v) is 12.1. The molecule has 0 radical (unpaired) electrons. The van der Waals surface area contributed by atoms with Crippen LogP contribution < -0.4 is 0 Å². The number of halogens is 2. The lowest BCUT2D eigenvalue weighted by Crippen LogP contribution is -2.27.